The lowest BCUT2D eigenvalue weighted by Crippen LogP contribution is -2.37. The standard InChI is InChI=1S/C31H30BrCl2NO5/c1-30(2)11-21(36)28-24(13-30)40-25-14-31(3,4)12-22(37)29(25)27(28)18-9-16(32)5-8-23(18)39-15-26(38)35-17-6-7-19(33)20(34)10-17/h5-10,27H,11-15H2,1-4H3,(H,35,38). The number of carbonyl (C=O) groups excluding carboxylic acids is 3. The predicted molar refractivity (Wildman–Crippen MR) is 159 cm³/mol. The third kappa shape index (κ3) is 5.88. The van der Waals surface area contributed by atoms with Crippen molar-refractivity contribution in [3.8, 4) is 5.75 Å². The van der Waals surface area contributed by atoms with E-state index >= 15 is 0 Å². The molecule has 0 saturated heterocycles. The number of allylic oxidation sites excluding steroid dienone is 4. The fourth-order valence-corrected chi connectivity index (χ4v) is 6.45. The van der Waals surface area contributed by atoms with Crippen LogP contribution in [-0.2, 0) is 19.1 Å². The van der Waals surface area contributed by atoms with Crippen molar-refractivity contribution in [2.24, 2.45) is 10.8 Å². The summed E-state index contributed by atoms with van der Waals surface area (Å²) in [6.07, 6.45) is 1.88. The van der Waals surface area contributed by atoms with Crippen molar-refractivity contribution in [2.45, 2.75) is 59.3 Å². The van der Waals surface area contributed by atoms with Gasteiger partial charge in [0.1, 0.15) is 17.3 Å². The summed E-state index contributed by atoms with van der Waals surface area (Å²) in [7, 11) is 0. The lowest BCUT2D eigenvalue weighted by atomic mass is 9.65. The summed E-state index contributed by atoms with van der Waals surface area (Å²) in [5, 5.41) is 3.46. The number of rotatable bonds is 5. The molecule has 2 aromatic rings. The van der Waals surface area contributed by atoms with Crippen LogP contribution < -0.4 is 10.1 Å². The predicted octanol–water partition coefficient (Wildman–Crippen LogP) is 8.17. The Morgan fingerprint density at radius 1 is 0.925 bits per heavy atom. The molecule has 0 radical (unpaired) electrons. The van der Waals surface area contributed by atoms with E-state index in [-0.39, 0.29) is 29.0 Å². The first kappa shape index (κ1) is 28.9. The Kier molecular flexibility index (Phi) is 7.70. The number of benzene rings is 2. The maximum Gasteiger partial charge on any atom is 0.262 e. The number of anilines is 1. The molecule has 5 rings (SSSR count). The Bertz CT molecular complexity index is 1460. The molecular formula is C31H30BrCl2NO5. The number of amides is 1. The smallest absolute Gasteiger partial charge is 0.262 e. The molecule has 2 aromatic carbocycles. The van der Waals surface area contributed by atoms with E-state index in [2.05, 4.69) is 21.2 Å². The van der Waals surface area contributed by atoms with E-state index in [9.17, 15) is 14.4 Å². The Hall–Kier alpha value is -2.61. The van der Waals surface area contributed by atoms with Crippen LogP contribution in [0.2, 0.25) is 10.0 Å². The number of ketones is 2. The number of hydrogen-bond donors (Lipinski definition) is 1. The average molecular weight is 647 g/mol. The van der Waals surface area contributed by atoms with Crippen LogP contribution in [0.15, 0.2) is 63.5 Å². The van der Waals surface area contributed by atoms with Gasteiger partial charge in [-0.3, -0.25) is 14.4 Å². The number of carbonyl (C=O) groups is 3. The van der Waals surface area contributed by atoms with Crippen molar-refractivity contribution in [1.29, 1.82) is 0 Å². The molecule has 6 nitrogen and oxygen atoms in total. The highest BCUT2D eigenvalue weighted by Crippen LogP contribution is 2.54. The van der Waals surface area contributed by atoms with Crippen LogP contribution in [0, 0.1) is 10.8 Å². The van der Waals surface area contributed by atoms with E-state index in [0.29, 0.717) is 75.4 Å². The first-order valence-corrected chi connectivity index (χ1v) is 14.7. The first-order chi connectivity index (χ1) is 18.7. The van der Waals surface area contributed by atoms with E-state index in [1.807, 2.05) is 33.8 Å². The van der Waals surface area contributed by atoms with E-state index in [4.69, 9.17) is 32.7 Å². The highest BCUT2D eigenvalue weighted by Gasteiger charge is 2.48. The van der Waals surface area contributed by atoms with Crippen molar-refractivity contribution in [2.75, 3.05) is 11.9 Å². The Labute approximate surface area is 252 Å². The molecule has 0 saturated carbocycles. The maximum absolute atomic E-state index is 13.6. The molecule has 0 atom stereocenters. The molecule has 0 spiro atoms. The molecule has 0 fully saturated rings. The second kappa shape index (κ2) is 10.7. The zero-order valence-electron chi connectivity index (χ0n) is 22.8. The van der Waals surface area contributed by atoms with Gasteiger partial charge in [0, 0.05) is 52.6 Å². The zero-order valence-corrected chi connectivity index (χ0v) is 25.8. The van der Waals surface area contributed by atoms with Crippen LogP contribution >= 0.6 is 39.1 Å². The fourth-order valence-electron chi connectivity index (χ4n) is 5.78. The molecule has 1 N–H and O–H groups in total. The summed E-state index contributed by atoms with van der Waals surface area (Å²) >= 11 is 15.6. The molecule has 2 aliphatic carbocycles. The lowest BCUT2D eigenvalue weighted by Gasteiger charge is -2.43. The van der Waals surface area contributed by atoms with Crippen LogP contribution in [0.1, 0.15) is 64.9 Å². The summed E-state index contributed by atoms with van der Waals surface area (Å²) in [5.41, 5.74) is 1.63. The summed E-state index contributed by atoms with van der Waals surface area (Å²) in [4.78, 5) is 40.1. The van der Waals surface area contributed by atoms with Crippen molar-refractivity contribution in [3.05, 3.63) is 79.1 Å². The van der Waals surface area contributed by atoms with Gasteiger partial charge in [-0.2, -0.15) is 0 Å². The average Bonchev–Trinajstić information content (AvgIpc) is 2.82. The third-order valence-corrected chi connectivity index (χ3v) is 8.66. The summed E-state index contributed by atoms with van der Waals surface area (Å²) in [5.74, 6) is 0.542. The van der Waals surface area contributed by atoms with Crippen LogP contribution in [0.5, 0.6) is 5.75 Å². The minimum Gasteiger partial charge on any atom is -0.483 e. The Morgan fingerprint density at radius 2 is 1.52 bits per heavy atom. The van der Waals surface area contributed by atoms with Gasteiger partial charge >= 0.3 is 0 Å². The largest absolute Gasteiger partial charge is 0.483 e. The molecule has 0 unspecified atom stereocenters. The van der Waals surface area contributed by atoms with Gasteiger partial charge in [-0.1, -0.05) is 66.8 Å². The van der Waals surface area contributed by atoms with Gasteiger partial charge < -0.3 is 14.8 Å². The van der Waals surface area contributed by atoms with Gasteiger partial charge in [0.25, 0.3) is 5.91 Å². The number of halogens is 3. The van der Waals surface area contributed by atoms with E-state index in [1.54, 1.807) is 30.3 Å². The van der Waals surface area contributed by atoms with Crippen LogP contribution in [0.4, 0.5) is 5.69 Å². The van der Waals surface area contributed by atoms with E-state index < -0.39 is 11.8 Å². The molecule has 1 heterocycles. The summed E-state index contributed by atoms with van der Waals surface area (Å²) < 4.78 is 13.2. The van der Waals surface area contributed by atoms with Gasteiger partial charge in [0.05, 0.1) is 16.0 Å². The Morgan fingerprint density at radius 3 is 2.10 bits per heavy atom. The highest BCUT2D eigenvalue weighted by atomic mass is 79.9. The molecule has 210 valence electrons. The molecule has 0 aromatic heterocycles. The minimum absolute atomic E-state index is 0.0382. The minimum atomic E-state index is -0.642. The quantitative estimate of drug-likeness (QED) is 0.354. The van der Waals surface area contributed by atoms with Crippen LogP contribution in [0.25, 0.3) is 0 Å². The van der Waals surface area contributed by atoms with Gasteiger partial charge in [-0.15, -0.1) is 0 Å². The second-order valence-electron chi connectivity index (χ2n) is 12.2. The lowest BCUT2D eigenvalue weighted by molar-refractivity contribution is -0.121. The number of ether oxygens (including phenoxy) is 2. The monoisotopic (exact) mass is 645 g/mol. The van der Waals surface area contributed by atoms with Gasteiger partial charge in [-0.25, -0.2) is 0 Å². The van der Waals surface area contributed by atoms with Crippen LogP contribution in [0.3, 0.4) is 0 Å². The summed E-state index contributed by atoms with van der Waals surface area (Å²) in [6, 6.07) is 10.2. The number of nitrogens with one attached hydrogen (secondary N) is 1. The molecule has 1 aliphatic heterocycles. The van der Waals surface area contributed by atoms with Gasteiger partial charge in [-0.05, 0) is 47.2 Å². The first-order valence-electron chi connectivity index (χ1n) is 13.1. The topological polar surface area (TPSA) is 81.7 Å². The van der Waals surface area contributed by atoms with Crippen molar-refractivity contribution in [3.63, 3.8) is 0 Å². The normalized spacial score (nSPS) is 20.1. The molecule has 0 bridgehead atoms. The third-order valence-electron chi connectivity index (χ3n) is 7.43. The van der Waals surface area contributed by atoms with E-state index in [1.165, 1.54) is 0 Å². The van der Waals surface area contributed by atoms with Gasteiger partial charge in [0.2, 0.25) is 0 Å². The van der Waals surface area contributed by atoms with Crippen LogP contribution in [-0.4, -0.2) is 24.1 Å². The number of hydrogen-bond acceptors (Lipinski definition) is 5. The highest BCUT2D eigenvalue weighted by molar-refractivity contribution is 9.10. The van der Waals surface area contributed by atoms with Crippen molar-refractivity contribution >= 4 is 62.3 Å². The van der Waals surface area contributed by atoms with E-state index in [0.717, 1.165) is 4.47 Å². The fraction of sp³-hybridized carbons (Fsp3) is 0.387. The molecular weight excluding hydrogens is 617 g/mol. The van der Waals surface area contributed by atoms with Crippen molar-refractivity contribution < 1.29 is 23.9 Å². The van der Waals surface area contributed by atoms with Gasteiger partial charge in [0.15, 0.2) is 18.2 Å². The second-order valence-corrected chi connectivity index (χ2v) is 14.0. The number of Topliss-reactive ketones (excluding diaryl/α,β-unsaturated/α-hetero) is 2. The maximum atomic E-state index is 13.6. The zero-order chi connectivity index (χ0) is 29.0. The molecule has 40 heavy (non-hydrogen) atoms. The molecule has 9 heteroatoms. The molecule has 1 amide bonds. The molecule has 3 aliphatic rings. The summed E-state index contributed by atoms with van der Waals surface area (Å²) in [6.45, 7) is 7.90. The Balaban J connectivity index is 1.52. The van der Waals surface area contributed by atoms with Crippen molar-refractivity contribution in [1.82, 2.24) is 0 Å². The SMILES string of the molecule is CC1(C)CC(=O)C2=C(C1)OC1=C(C(=O)CC(C)(C)C1)C2c1cc(Br)ccc1OCC(=O)Nc1ccc(Cl)c(Cl)c1.